The molecule has 1 aliphatic heterocycles. The van der Waals surface area contributed by atoms with Gasteiger partial charge in [0.15, 0.2) is 0 Å². The molecule has 80 valence electrons. The molecule has 0 N–H and O–H groups in total. The quantitative estimate of drug-likeness (QED) is 0.525. The van der Waals surface area contributed by atoms with E-state index in [2.05, 4.69) is 6.58 Å². The minimum atomic E-state index is -0.647. The molecule has 4 nitrogen and oxygen atoms in total. The van der Waals surface area contributed by atoms with E-state index in [4.69, 9.17) is 0 Å². The number of benzene rings is 1. The first-order valence-corrected chi connectivity index (χ1v) is 4.71. The van der Waals surface area contributed by atoms with Crippen molar-refractivity contribution in [3.05, 3.63) is 47.5 Å². The summed E-state index contributed by atoms with van der Waals surface area (Å²) < 4.78 is 0. The molecule has 0 saturated heterocycles. The predicted molar refractivity (Wildman–Crippen MR) is 56.8 cm³/mol. The predicted octanol–water partition coefficient (Wildman–Crippen LogP) is 1.39. The van der Waals surface area contributed by atoms with Crippen LogP contribution < -0.4 is 0 Å². The number of nitrogens with zero attached hydrogens (tertiary/aromatic N) is 1. The molecule has 0 bridgehead atoms. The standard InChI is InChI=1S/C12H9NO3/c1-7(2)10(14)13-11(15)8-5-3-4-6-9(8)12(13)16/h3-6H,1H2,2H3. The third-order valence-corrected chi connectivity index (χ3v) is 2.36. The number of hydrogen-bond donors (Lipinski definition) is 0. The van der Waals surface area contributed by atoms with E-state index in [1.54, 1.807) is 12.1 Å². The second-order valence-electron chi connectivity index (χ2n) is 3.58. The fourth-order valence-electron chi connectivity index (χ4n) is 1.56. The Kier molecular flexibility index (Phi) is 2.20. The Labute approximate surface area is 92.2 Å². The molecule has 0 fully saturated rings. The van der Waals surface area contributed by atoms with Crippen LogP contribution in [0.3, 0.4) is 0 Å². The van der Waals surface area contributed by atoms with Gasteiger partial charge in [0, 0.05) is 5.57 Å². The number of rotatable bonds is 1. The van der Waals surface area contributed by atoms with Gasteiger partial charge in [-0.1, -0.05) is 18.7 Å². The Hall–Kier alpha value is -2.23. The summed E-state index contributed by atoms with van der Waals surface area (Å²) >= 11 is 0. The molecule has 3 amide bonds. The molecule has 1 aromatic carbocycles. The van der Waals surface area contributed by atoms with Gasteiger partial charge in [0.25, 0.3) is 17.7 Å². The number of imide groups is 3. The normalized spacial score (nSPS) is 13.9. The van der Waals surface area contributed by atoms with Gasteiger partial charge in [0.05, 0.1) is 11.1 Å². The lowest BCUT2D eigenvalue weighted by molar-refractivity contribution is -0.122. The topological polar surface area (TPSA) is 54.5 Å². The maximum atomic E-state index is 11.8. The van der Waals surface area contributed by atoms with E-state index in [1.807, 2.05) is 0 Å². The molecule has 1 heterocycles. The van der Waals surface area contributed by atoms with Crippen LogP contribution >= 0.6 is 0 Å². The fourth-order valence-corrected chi connectivity index (χ4v) is 1.56. The van der Waals surface area contributed by atoms with Crippen LogP contribution in [0.1, 0.15) is 27.6 Å². The van der Waals surface area contributed by atoms with E-state index in [0.29, 0.717) is 4.90 Å². The first-order valence-electron chi connectivity index (χ1n) is 4.71. The van der Waals surface area contributed by atoms with Gasteiger partial charge in [-0.3, -0.25) is 14.4 Å². The summed E-state index contributed by atoms with van der Waals surface area (Å²) in [6.45, 7) is 4.90. The van der Waals surface area contributed by atoms with Crippen LogP contribution in [0.2, 0.25) is 0 Å². The molecule has 16 heavy (non-hydrogen) atoms. The zero-order chi connectivity index (χ0) is 11.9. The summed E-state index contributed by atoms with van der Waals surface area (Å²) in [6.07, 6.45) is 0. The van der Waals surface area contributed by atoms with Crippen LogP contribution in [0, 0.1) is 0 Å². The van der Waals surface area contributed by atoms with Gasteiger partial charge >= 0.3 is 0 Å². The summed E-state index contributed by atoms with van der Waals surface area (Å²) in [5, 5.41) is 0. The van der Waals surface area contributed by atoms with E-state index in [9.17, 15) is 14.4 Å². The summed E-state index contributed by atoms with van der Waals surface area (Å²) in [4.78, 5) is 35.8. The van der Waals surface area contributed by atoms with Gasteiger partial charge in [-0.15, -0.1) is 0 Å². The Bertz CT molecular complexity index is 496. The fraction of sp³-hybridized carbons (Fsp3) is 0.0833. The van der Waals surface area contributed by atoms with Crippen molar-refractivity contribution in [1.82, 2.24) is 4.90 Å². The second-order valence-corrected chi connectivity index (χ2v) is 3.58. The smallest absolute Gasteiger partial charge is 0.268 e. The molecular weight excluding hydrogens is 206 g/mol. The molecule has 0 aliphatic carbocycles. The zero-order valence-corrected chi connectivity index (χ0v) is 8.69. The van der Waals surface area contributed by atoms with Crippen LogP contribution in [0.5, 0.6) is 0 Å². The SMILES string of the molecule is C=C(C)C(=O)N1C(=O)c2ccccc2C1=O. The van der Waals surface area contributed by atoms with Crippen molar-refractivity contribution in [3.8, 4) is 0 Å². The van der Waals surface area contributed by atoms with E-state index in [-0.39, 0.29) is 16.7 Å². The van der Waals surface area contributed by atoms with E-state index >= 15 is 0 Å². The van der Waals surface area contributed by atoms with Crippen molar-refractivity contribution in [2.45, 2.75) is 6.92 Å². The minimum absolute atomic E-state index is 0.162. The van der Waals surface area contributed by atoms with Crippen molar-refractivity contribution >= 4 is 17.7 Å². The Morgan fingerprint density at radius 3 is 1.94 bits per heavy atom. The van der Waals surface area contributed by atoms with Crippen molar-refractivity contribution in [3.63, 3.8) is 0 Å². The van der Waals surface area contributed by atoms with Crippen LogP contribution in [0.4, 0.5) is 0 Å². The van der Waals surface area contributed by atoms with E-state index < -0.39 is 17.7 Å². The molecule has 4 heteroatoms. The molecule has 0 unspecified atom stereocenters. The Morgan fingerprint density at radius 2 is 1.56 bits per heavy atom. The van der Waals surface area contributed by atoms with Crippen molar-refractivity contribution in [1.29, 1.82) is 0 Å². The molecule has 1 aromatic rings. The lowest BCUT2D eigenvalue weighted by Gasteiger charge is -2.10. The zero-order valence-electron chi connectivity index (χ0n) is 8.69. The molecule has 0 spiro atoms. The molecule has 2 rings (SSSR count). The highest BCUT2D eigenvalue weighted by molar-refractivity contribution is 6.30. The average molecular weight is 215 g/mol. The number of amides is 3. The number of fused-ring (bicyclic) bond motifs is 1. The van der Waals surface area contributed by atoms with Gasteiger partial charge in [0.1, 0.15) is 0 Å². The molecule has 0 aromatic heterocycles. The van der Waals surface area contributed by atoms with Gasteiger partial charge in [-0.25, -0.2) is 4.90 Å². The highest BCUT2D eigenvalue weighted by Gasteiger charge is 2.39. The second kappa shape index (κ2) is 3.41. The summed E-state index contributed by atoms with van der Waals surface area (Å²) in [7, 11) is 0. The molecular formula is C12H9NO3. The number of carbonyl (C=O) groups is 3. The van der Waals surface area contributed by atoms with Crippen molar-refractivity contribution in [2.24, 2.45) is 0 Å². The summed E-state index contributed by atoms with van der Waals surface area (Å²) in [5.74, 6) is -1.80. The number of hydrogen-bond acceptors (Lipinski definition) is 3. The molecule has 0 atom stereocenters. The third kappa shape index (κ3) is 1.27. The first-order chi connectivity index (χ1) is 7.54. The van der Waals surface area contributed by atoms with Crippen molar-refractivity contribution < 1.29 is 14.4 Å². The van der Waals surface area contributed by atoms with Crippen LogP contribution in [-0.4, -0.2) is 22.6 Å². The van der Waals surface area contributed by atoms with Gasteiger partial charge in [-0.2, -0.15) is 0 Å². The third-order valence-electron chi connectivity index (χ3n) is 2.36. The van der Waals surface area contributed by atoms with Crippen LogP contribution in [-0.2, 0) is 4.79 Å². The van der Waals surface area contributed by atoms with Gasteiger partial charge in [0.2, 0.25) is 0 Å². The first kappa shape index (κ1) is 10.3. The van der Waals surface area contributed by atoms with Crippen LogP contribution in [0.15, 0.2) is 36.4 Å². The summed E-state index contributed by atoms with van der Waals surface area (Å²) in [6, 6.07) is 6.36. The maximum absolute atomic E-state index is 11.8. The lowest BCUT2D eigenvalue weighted by atomic mass is 10.1. The van der Waals surface area contributed by atoms with E-state index in [0.717, 1.165) is 0 Å². The lowest BCUT2D eigenvalue weighted by Crippen LogP contribution is -2.36. The largest absolute Gasteiger partial charge is 0.269 e. The molecule has 0 saturated carbocycles. The maximum Gasteiger partial charge on any atom is 0.268 e. The average Bonchev–Trinajstić information content (AvgIpc) is 2.52. The van der Waals surface area contributed by atoms with Crippen molar-refractivity contribution in [2.75, 3.05) is 0 Å². The van der Waals surface area contributed by atoms with Gasteiger partial charge < -0.3 is 0 Å². The minimum Gasteiger partial charge on any atom is -0.269 e. The summed E-state index contributed by atoms with van der Waals surface area (Å²) in [5.41, 5.74) is 0.693. The van der Waals surface area contributed by atoms with Gasteiger partial charge in [-0.05, 0) is 19.1 Å². The highest BCUT2D eigenvalue weighted by atomic mass is 16.2. The van der Waals surface area contributed by atoms with E-state index in [1.165, 1.54) is 19.1 Å². The Balaban J connectivity index is 2.51. The molecule has 0 radical (unpaired) electrons. The number of carbonyl (C=O) groups excluding carboxylic acids is 3. The highest BCUT2D eigenvalue weighted by Crippen LogP contribution is 2.23. The Morgan fingerprint density at radius 1 is 1.12 bits per heavy atom. The molecule has 1 aliphatic rings. The monoisotopic (exact) mass is 215 g/mol. The van der Waals surface area contributed by atoms with Crippen LogP contribution in [0.25, 0.3) is 0 Å².